The first-order valence-corrected chi connectivity index (χ1v) is 10.8. The summed E-state index contributed by atoms with van der Waals surface area (Å²) in [4.78, 5) is 27.0. The molecule has 4 rings (SSSR count). The molecule has 9 heteroatoms. The minimum Gasteiger partial charge on any atom is -0.455 e. The quantitative estimate of drug-likeness (QED) is 0.259. The van der Waals surface area contributed by atoms with Crippen molar-refractivity contribution < 1.29 is 14.3 Å². The zero-order chi connectivity index (χ0) is 22.8. The molecule has 3 aromatic rings. The largest absolute Gasteiger partial charge is 0.455 e. The van der Waals surface area contributed by atoms with E-state index >= 15 is 0 Å². The number of hydrogen-bond acceptors (Lipinski definition) is 4. The van der Waals surface area contributed by atoms with Gasteiger partial charge in [0.15, 0.2) is 5.11 Å². The van der Waals surface area contributed by atoms with Crippen LogP contribution in [-0.2, 0) is 9.59 Å². The van der Waals surface area contributed by atoms with Crippen LogP contribution < -0.4 is 15.0 Å². The molecule has 3 aromatic carbocycles. The van der Waals surface area contributed by atoms with Crippen molar-refractivity contribution in [3.05, 3.63) is 92.9 Å². The van der Waals surface area contributed by atoms with Gasteiger partial charge in [0.25, 0.3) is 11.8 Å². The normalized spacial score (nSPS) is 15.2. The van der Waals surface area contributed by atoms with Crippen molar-refractivity contribution in [2.75, 3.05) is 4.90 Å². The van der Waals surface area contributed by atoms with E-state index < -0.39 is 11.8 Å². The van der Waals surface area contributed by atoms with Gasteiger partial charge in [0.1, 0.15) is 17.1 Å². The molecule has 0 atom stereocenters. The minimum atomic E-state index is -0.607. The van der Waals surface area contributed by atoms with E-state index in [0.29, 0.717) is 37.8 Å². The van der Waals surface area contributed by atoms with Crippen LogP contribution in [0.1, 0.15) is 5.56 Å². The predicted octanol–water partition coefficient (Wildman–Crippen LogP) is 6.27. The molecule has 1 aliphatic rings. The zero-order valence-electron chi connectivity index (χ0n) is 16.1. The lowest BCUT2D eigenvalue weighted by molar-refractivity contribution is -0.122. The first kappa shape index (κ1) is 22.3. The molecule has 5 nitrogen and oxygen atoms in total. The number of thiocarbonyl (C=S) groups is 1. The number of carbonyl (C=O) groups excluding carboxylic acids is 2. The van der Waals surface area contributed by atoms with Gasteiger partial charge in [0.05, 0.1) is 10.7 Å². The number of nitrogens with one attached hydrogen (secondary N) is 1. The van der Waals surface area contributed by atoms with Gasteiger partial charge in [0, 0.05) is 15.6 Å². The molecule has 1 heterocycles. The number of carbonyl (C=O) groups is 2. The van der Waals surface area contributed by atoms with Gasteiger partial charge in [-0.1, -0.05) is 53.0 Å². The third-order valence-electron chi connectivity index (χ3n) is 4.52. The molecule has 0 bridgehead atoms. The van der Waals surface area contributed by atoms with Crippen LogP contribution in [-0.4, -0.2) is 16.9 Å². The van der Waals surface area contributed by atoms with Crippen molar-refractivity contribution in [1.82, 2.24) is 5.32 Å². The summed E-state index contributed by atoms with van der Waals surface area (Å²) in [5.41, 5.74) is 0.875. The van der Waals surface area contributed by atoms with Crippen LogP contribution in [0.2, 0.25) is 15.1 Å². The smallest absolute Gasteiger partial charge is 0.270 e. The first-order valence-electron chi connectivity index (χ1n) is 9.22. The van der Waals surface area contributed by atoms with Gasteiger partial charge in [-0.25, -0.2) is 0 Å². The average molecular weight is 504 g/mol. The highest BCUT2D eigenvalue weighted by Gasteiger charge is 2.34. The highest BCUT2D eigenvalue weighted by molar-refractivity contribution is 7.80. The maximum Gasteiger partial charge on any atom is 0.270 e. The van der Waals surface area contributed by atoms with Crippen LogP contribution in [0.4, 0.5) is 5.69 Å². The Morgan fingerprint density at radius 3 is 2.28 bits per heavy atom. The lowest BCUT2D eigenvalue weighted by Crippen LogP contribution is -2.54. The molecule has 1 N–H and O–H groups in total. The van der Waals surface area contributed by atoms with E-state index in [4.69, 9.17) is 51.8 Å². The van der Waals surface area contributed by atoms with Gasteiger partial charge < -0.3 is 4.74 Å². The standard InChI is InChI=1S/C23H13Cl3N2O3S/c24-14-5-8-16(9-6-14)28-22(30)17(21(29)27-23(28)32)11-13-3-1-2-4-19(13)31-20-10-7-15(25)12-18(20)26/h1-12H,(H,27,29,32)/b17-11+. The van der Waals surface area contributed by atoms with Gasteiger partial charge in [-0.15, -0.1) is 0 Å². The molecule has 1 aliphatic heterocycles. The summed E-state index contributed by atoms with van der Waals surface area (Å²) in [5, 5.41) is 3.84. The van der Waals surface area contributed by atoms with Crippen molar-refractivity contribution in [3.63, 3.8) is 0 Å². The van der Waals surface area contributed by atoms with E-state index in [1.165, 1.54) is 11.0 Å². The van der Waals surface area contributed by atoms with E-state index in [1.807, 2.05) is 0 Å². The molecule has 0 radical (unpaired) electrons. The molecule has 32 heavy (non-hydrogen) atoms. The third kappa shape index (κ3) is 4.64. The topological polar surface area (TPSA) is 58.6 Å². The fraction of sp³-hybridized carbons (Fsp3) is 0. The number of benzene rings is 3. The average Bonchev–Trinajstić information content (AvgIpc) is 2.75. The van der Waals surface area contributed by atoms with Crippen LogP contribution in [0.15, 0.2) is 72.3 Å². The molecule has 0 spiro atoms. The van der Waals surface area contributed by atoms with E-state index in [1.54, 1.807) is 66.7 Å². The molecular weight excluding hydrogens is 491 g/mol. The lowest BCUT2D eigenvalue weighted by atomic mass is 10.1. The zero-order valence-corrected chi connectivity index (χ0v) is 19.2. The Bertz CT molecular complexity index is 1280. The van der Waals surface area contributed by atoms with Crippen LogP contribution in [0.5, 0.6) is 11.5 Å². The number of amides is 2. The maximum atomic E-state index is 13.2. The Labute approximate surface area is 204 Å². The molecule has 2 amide bonds. The molecule has 0 aromatic heterocycles. The Morgan fingerprint density at radius 1 is 0.875 bits per heavy atom. The second kappa shape index (κ2) is 9.30. The Balaban J connectivity index is 1.71. The van der Waals surface area contributed by atoms with Crippen molar-refractivity contribution in [2.45, 2.75) is 0 Å². The molecule has 1 fully saturated rings. The molecule has 0 saturated carbocycles. The fourth-order valence-electron chi connectivity index (χ4n) is 3.01. The van der Waals surface area contributed by atoms with E-state index in [-0.39, 0.29) is 10.7 Å². The predicted molar refractivity (Wildman–Crippen MR) is 131 cm³/mol. The van der Waals surface area contributed by atoms with Crippen molar-refractivity contribution >= 4 is 75.7 Å². The molecule has 1 saturated heterocycles. The summed E-state index contributed by atoms with van der Waals surface area (Å²) in [5.74, 6) is -0.397. The van der Waals surface area contributed by atoms with E-state index in [9.17, 15) is 9.59 Å². The SMILES string of the molecule is O=C1NC(=S)N(c2ccc(Cl)cc2)C(=O)/C1=C/c1ccccc1Oc1ccc(Cl)cc1Cl. The van der Waals surface area contributed by atoms with Crippen LogP contribution in [0.25, 0.3) is 6.08 Å². The van der Waals surface area contributed by atoms with Gasteiger partial charge in [-0.3, -0.25) is 19.8 Å². The van der Waals surface area contributed by atoms with Gasteiger partial charge >= 0.3 is 0 Å². The van der Waals surface area contributed by atoms with Gasteiger partial charge in [-0.2, -0.15) is 0 Å². The second-order valence-electron chi connectivity index (χ2n) is 6.65. The van der Waals surface area contributed by atoms with Crippen molar-refractivity contribution in [3.8, 4) is 11.5 Å². The summed E-state index contributed by atoms with van der Waals surface area (Å²) in [7, 11) is 0. The summed E-state index contributed by atoms with van der Waals surface area (Å²) in [6.07, 6.45) is 1.45. The number of anilines is 1. The minimum absolute atomic E-state index is 0.0167. The number of ether oxygens (including phenoxy) is 1. The van der Waals surface area contributed by atoms with E-state index in [2.05, 4.69) is 5.32 Å². The molecule has 160 valence electrons. The summed E-state index contributed by atoms with van der Waals surface area (Å²) < 4.78 is 5.92. The molecular formula is C23H13Cl3N2O3S. The Kier molecular flexibility index (Phi) is 6.48. The number of nitrogens with zero attached hydrogens (tertiary/aromatic N) is 1. The maximum absolute atomic E-state index is 13.2. The number of hydrogen-bond donors (Lipinski definition) is 1. The monoisotopic (exact) mass is 502 g/mol. The number of para-hydroxylation sites is 1. The molecule has 0 unspecified atom stereocenters. The van der Waals surface area contributed by atoms with Crippen LogP contribution in [0.3, 0.4) is 0 Å². The summed E-state index contributed by atoms with van der Waals surface area (Å²) in [6, 6.07) is 18.3. The summed E-state index contributed by atoms with van der Waals surface area (Å²) in [6.45, 7) is 0. The van der Waals surface area contributed by atoms with Crippen LogP contribution in [0, 0.1) is 0 Å². The fourth-order valence-corrected chi connectivity index (χ4v) is 3.86. The van der Waals surface area contributed by atoms with Crippen LogP contribution >= 0.6 is 47.0 Å². The van der Waals surface area contributed by atoms with Crippen molar-refractivity contribution in [2.24, 2.45) is 0 Å². The third-order valence-corrected chi connectivity index (χ3v) is 5.59. The van der Waals surface area contributed by atoms with Crippen molar-refractivity contribution in [1.29, 1.82) is 0 Å². The first-order chi connectivity index (χ1) is 15.3. The number of halogens is 3. The second-order valence-corrected chi connectivity index (χ2v) is 8.32. The number of rotatable bonds is 4. The highest BCUT2D eigenvalue weighted by Crippen LogP contribution is 2.34. The lowest BCUT2D eigenvalue weighted by Gasteiger charge is -2.29. The Hall–Kier alpha value is -2.90. The Morgan fingerprint density at radius 2 is 1.56 bits per heavy atom. The van der Waals surface area contributed by atoms with E-state index in [0.717, 1.165) is 0 Å². The highest BCUT2D eigenvalue weighted by atomic mass is 35.5. The van der Waals surface area contributed by atoms with Gasteiger partial charge in [0.2, 0.25) is 0 Å². The summed E-state index contributed by atoms with van der Waals surface area (Å²) >= 11 is 23.3. The van der Waals surface area contributed by atoms with Gasteiger partial charge in [-0.05, 0) is 66.8 Å². The molecule has 0 aliphatic carbocycles.